The second-order valence-corrected chi connectivity index (χ2v) is 4.66. The summed E-state index contributed by atoms with van der Waals surface area (Å²) in [5.41, 5.74) is 1.54. The molecule has 0 saturated carbocycles. The number of hydrogen-bond donors (Lipinski definition) is 1. The molecule has 0 amide bonds. The molecule has 7 heteroatoms. The number of nitrogens with one attached hydrogen (secondary N) is 1. The van der Waals surface area contributed by atoms with Crippen LogP contribution < -0.4 is 5.32 Å². The smallest absolute Gasteiger partial charge is 0.311 e. The molecule has 98 valence electrons. The Bertz CT molecular complexity index is 577. The molecule has 0 spiro atoms. The van der Waals surface area contributed by atoms with E-state index >= 15 is 0 Å². The van der Waals surface area contributed by atoms with Gasteiger partial charge in [-0.1, -0.05) is 0 Å². The Labute approximate surface area is 118 Å². The van der Waals surface area contributed by atoms with Crippen LogP contribution in [0.25, 0.3) is 0 Å². The van der Waals surface area contributed by atoms with Crippen LogP contribution in [0.1, 0.15) is 5.56 Å². The summed E-state index contributed by atoms with van der Waals surface area (Å²) in [6, 6.07) is 3.83. The molecule has 0 aromatic carbocycles. The summed E-state index contributed by atoms with van der Waals surface area (Å²) in [6.45, 7) is 0.591. The van der Waals surface area contributed by atoms with Gasteiger partial charge >= 0.3 is 5.69 Å². The lowest BCUT2D eigenvalue weighted by atomic mass is 10.2. The van der Waals surface area contributed by atoms with Crippen LogP contribution in [0, 0.1) is 10.1 Å². The zero-order valence-corrected chi connectivity index (χ0v) is 11.5. The van der Waals surface area contributed by atoms with Crippen LogP contribution in [0.2, 0.25) is 0 Å². The molecule has 0 atom stereocenters. The number of nitrogens with zero attached hydrogens (tertiary/aromatic N) is 3. The zero-order chi connectivity index (χ0) is 13.7. The number of aromatic nitrogens is 2. The third-order valence-electron chi connectivity index (χ3n) is 2.54. The van der Waals surface area contributed by atoms with Gasteiger partial charge in [0.1, 0.15) is 11.9 Å². The normalized spacial score (nSPS) is 10.2. The minimum absolute atomic E-state index is 0.0379. The standard InChI is InChI=1S/C12H11BrN4O2/c13-10-7-15-8-11(17(18)19)12(10)16-6-3-9-1-4-14-5-2-9/h1-2,4-5,7-8H,3,6H2,(H,15,16). The highest BCUT2D eigenvalue weighted by Gasteiger charge is 2.16. The largest absolute Gasteiger partial charge is 0.378 e. The molecule has 2 rings (SSSR count). The predicted octanol–water partition coefficient (Wildman–Crippen LogP) is 2.80. The van der Waals surface area contributed by atoms with Crippen LogP contribution in [0.3, 0.4) is 0 Å². The third kappa shape index (κ3) is 3.47. The van der Waals surface area contributed by atoms with E-state index in [9.17, 15) is 10.1 Å². The maximum atomic E-state index is 10.9. The average molecular weight is 323 g/mol. The third-order valence-corrected chi connectivity index (χ3v) is 3.14. The van der Waals surface area contributed by atoms with E-state index in [0.29, 0.717) is 16.7 Å². The molecule has 0 aliphatic heterocycles. The van der Waals surface area contributed by atoms with Gasteiger partial charge in [0.25, 0.3) is 0 Å². The van der Waals surface area contributed by atoms with Crippen LogP contribution in [0.4, 0.5) is 11.4 Å². The first-order valence-corrected chi connectivity index (χ1v) is 6.38. The minimum Gasteiger partial charge on any atom is -0.378 e. The van der Waals surface area contributed by atoms with E-state index in [1.807, 2.05) is 12.1 Å². The number of nitro groups is 1. The summed E-state index contributed by atoms with van der Waals surface area (Å²) in [7, 11) is 0. The molecule has 0 bridgehead atoms. The molecule has 0 unspecified atom stereocenters. The van der Waals surface area contributed by atoms with Gasteiger partial charge in [-0.05, 0) is 40.0 Å². The van der Waals surface area contributed by atoms with Crippen LogP contribution in [0.15, 0.2) is 41.4 Å². The van der Waals surface area contributed by atoms with Crippen molar-refractivity contribution in [2.24, 2.45) is 0 Å². The maximum Gasteiger partial charge on any atom is 0.311 e. The zero-order valence-electron chi connectivity index (χ0n) is 9.91. The number of pyridine rings is 2. The minimum atomic E-state index is -0.452. The van der Waals surface area contributed by atoms with Crippen LogP contribution >= 0.6 is 15.9 Å². The van der Waals surface area contributed by atoms with Crippen molar-refractivity contribution in [3.05, 3.63) is 57.1 Å². The highest BCUT2D eigenvalue weighted by atomic mass is 79.9. The summed E-state index contributed by atoms with van der Waals surface area (Å²) in [6.07, 6.45) is 6.97. The van der Waals surface area contributed by atoms with Crippen LogP contribution in [-0.4, -0.2) is 21.4 Å². The van der Waals surface area contributed by atoms with Gasteiger partial charge in [-0.15, -0.1) is 0 Å². The average Bonchev–Trinajstić information content (AvgIpc) is 2.41. The van der Waals surface area contributed by atoms with Crippen molar-refractivity contribution in [2.75, 3.05) is 11.9 Å². The quantitative estimate of drug-likeness (QED) is 0.676. The van der Waals surface area contributed by atoms with Gasteiger partial charge < -0.3 is 5.32 Å². The fraction of sp³-hybridized carbons (Fsp3) is 0.167. The van der Waals surface area contributed by atoms with Crippen molar-refractivity contribution in [1.29, 1.82) is 0 Å². The number of hydrogen-bond acceptors (Lipinski definition) is 5. The van der Waals surface area contributed by atoms with Crippen LogP contribution in [0.5, 0.6) is 0 Å². The van der Waals surface area contributed by atoms with E-state index in [4.69, 9.17) is 0 Å². The number of halogens is 1. The van der Waals surface area contributed by atoms with E-state index in [1.54, 1.807) is 12.4 Å². The fourth-order valence-electron chi connectivity index (χ4n) is 1.62. The van der Waals surface area contributed by atoms with Gasteiger partial charge in [-0.3, -0.25) is 20.1 Å². The maximum absolute atomic E-state index is 10.9. The topological polar surface area (TPSA) is 81.0 Å². The first kappa shape index (κ1) is 13.4. The lowest BCUT2D eigenvalue weighted by Crippen LogP contribution is -2.08. The highest BCUT2D eigenvalue weighted by Crippen LogP contribution is 2.30. The molecule has 6 nitrogen and oxygen atoms in total. The Balaban J connectivity index is 2.05. The van der Waals surface area contributed by atoms with Gasteiger partial charge in [0, 0.05) is 25.1 Å². The van der Waals surface area contributed by atoms with E-state index in [2.05, 4.69) is 31.2 Å². The number of anilines is 1. The van der Waals surface area contributed by atoms with Gasteiger partial charge in [0.05, 0.1) is 9.40 Å². The van der Waals surface area contributed by atoms with Crippen molar-refractivity contribution in [1.82, 2.24) is 9.97 Å². The molecule has 0 aliphatic carbocycles. The Hall–Kier alpha value is -2.02. The Morgan fingerprint density at radius 3 is 2.68 bits per heavy atom. The second-order valence-electron chi connectivity index (χ2n) is 3.80. The molecular formula is C12H11BrN4O2. The van der Waals surface area contributed by atoms with Crippen molar-refractivity contribution >= 4 is 27.3 Å². The first-order chi connectivity index (χ1) is 9.18. The van der Waals surface area contributed by atoms with Gasteiger partial charge in [-0.2, -0.15) is 0 Å². The molecule has 0 saturated heterocycles. The van der Waals surface area contributed by atoms with Gasteiger partial charge in [0.2, 0.25) is 0 Å². The summed E-state index contributed by atoms with van der Waals surface area (Å²) in [4.78, 5) is 18.2. The summed E-state index contributed by atoms with van der Waals surface area (Å²) in [5, 5.41) is 14.0. The molecule has 0 radical (unpaired) electrons. The molecule has 19 heavy (non-hydrogen) atoms. The monoisotopic (exact) mass is 322 g/mol. The molecular weight excluding hydrogens is 312 g/mol. The van der Waals surface area contributed by atoms with Crippen molar-refractivity contribution in [3.8, 4) is 0 Å². The SMILES string of the molecule is O=[N+]([O-])c1cncc(Br)c1NCCc1ccncc1. The Kier molecular flexibility index (Phi) is 4.40. The summed E-state index contributed by atoms with van der Waals surface area (Å²) >= 11 is 3.26. The predicted molar refractivity (Wildman–Crippen MR) is 75.0 cm³/mol. The molecule has 0 fully saturated rings. The van der Waals surface area contributed by atoms with Gasteiger partial charge in [0.15, 0.2) is 0 Å². The Morgan fingerprint density at radius 1 is 1.26 bits per heavy atom. The Morgan fingerprint density at radius 2 is 2.00 bits per heavy atom. The van der Waals surface area contributed by atoms with Gasteiger partial charge in [-0.25, -0.2) is 0 Å². The lowest BCUT2D eigenvalue weighted by Gasteiger charge is -2.08. The molecule has 2 aromatic heterocycles. The van der Waals surface area contributed by atoms with E-state index in [-0.39, 0.29) is 5.69 Å². The fourth-order valence-corrected chi connectivity index (χ4v) is 2.08. The first-order valence-electron chi connectivity index (χ1n) is 5.59. The molecule has 2 aromatic rings. The lowest BCUT2D eigenvalue weighted by molar-refractivity contribution is -0.384. The van der Waals surface area contributed by atoms with E-state index < -0.39 is 4.92 Å². The molecule has 1 N–H and O–H groups in total. The summed E-state index contributed by atoms with van der Waals surface area (Å²) in [5.74, 6) is 0. The number of rotatable bonds is 5. The van der Waals surface area contributed by atoms with E-state index in [0.717, 1.165) is 12.0 Å². The molecule has 2 heterocycles. The van der Waals surface area contributed by atoms with E-state index in [1.165, 1.54) is 12.4 Å². The highest BCUT2D eigenvalue weighted by molar-refractivity contribution is 9.10. The summed E-state index contributed by atoms with van der Waals surface area (Å²) < 4.78 is 0.580. The van der Waals surface area contributed by atoms with Crippen molar-refractivity contribution < 1.29 is 4.92 Å². The molecule has 0 aliphatic rings. The van der Waals surface area contributed by atoms with Crippen molar-refractivity contribution in [3.63, 3.8) is 0 Å². The van der Waals surface area contributed by atoms with Crippen LogP contribution in [-0.2, 0) is 6.42 Å². The second kappa shape index (κ2) is 6.24. The van der Waals surface area contributed by atoms with Crippen molar-refractivity contribution in [2.45, 2.75) is 6.42 Å².